The van der Waals surface area contributed by atoms with Crippen molar-refractivity contribution >= 4 is 17.6 Å². The molecule has 0 aliphatic carbocycles. The fraction of sp³-hybridized carbons (Fsp3) is 0.111. The molecule has 0 aliphatic heterocycles. The van der Waals surface area contributed by atoms with E-state index in [0.29, 0.717) is 16.5 Å². The summed E-state index contributed by atoms with van der Waals surface area (Å²) in [5.74, 6) is -1.04. The Hall–Kier alpha value is -1.95. The number of aromatic nitrogens is 4. The topological polar surface area (TPSA) is 80.9 Å². The first kappa shape index (κ1) is 10.6. The molecule has 82 valence electrons. The number of aromatic carboxylic acids is 1. The average Bonchev–Trinajstić information content (AvgIpc) is 2.62. The fourth-order valence-corrected chi connectivity index (χ4v) is 1.32. The summed E-state index contributed by atoms with van der Waals surface area (Å²) in [7, 11) is 1.60. The third-order valence-corrected chi connectivity index (χ3v) is 2.13. The highest BCUT2D eigenvalue weighted by molar-refractivity contribution is 6.30. The molecule has 0 radical (unpaired) electrons. The van der Waals surface area contributed by atoms with Gasteiger partial charge < -0.3 is 5.11 Å². The number of halogens is 1. The molecule has 2 rings (SSSR count). The SMILES string of the molecule is Cn1nc(C(=O)O)nc1-c1ccc(Cl)cn1. The van der Waals surface area contributed by atoms with Crippen molar-refractivity contribution < 1.29 is 9.90 Å². The molecule has 0 aliphatic rings. The minimum absolute atomic E-state index is 0.255. The number of hydrogen-bond acceptors (Lipinski definition) is 4. The minimum Gasteiger partial charge on any atom is -0.475 e. The predicted molar refractivity (Wildman–Crippen MR) is 56.2 cm³/mol. The van der Waals surface area contributed by atoms with Gasteiger partial charge in [-0.15, -0.1) is 5.10 Å². The van der Waals surface area contributed by atoms with E-state index in [1.807, 2.05) is 0 Å². The summed E-state index contributed by atoms with van der Waals surface area (Å²) in [6.07, 6.45) is 1.46. The highest BCUT2D eigenvalue weighted by Crippen LogP contribution is 2.16. The molecule has 0 spiro atoms. The number of carboxylic acids is 1. The van der Waals surface area contributed by atoms with Crippen molar-refractivity contribution in [3.8, 4) is 11.5 Å². The molecule has 0 unspecified atom stereocenters. The van der Waals surface area contributed by atoms with Crippen LogP contribution in [0.2, 0.25) is 5.02 Å². The Morgan fingerprint density at radius 2 is 2.25 bits per heavy atom. The van der Waals surface area contributed by atoms with Crippen LogP contribution in [0.4, 0.5) is 0 Å². The van der Waals surface area contributed by atoms with Gasteiger partial charge in [-0.1, -0.05) is 11.6 Å². The van der Waals surface area contributed by atoms with Crippen LogP contribution in [0, 0.1) is 0 Å². The van der Waals surface area contributed by atoms with Crippen molar-refractivity contribution in [2.24, 2.45) is 7.05 Å². The first-order valence-corrected chi connectivity index (χ1v) is 4.72. The van der Waals surface area contributed by atoms with E-state index in [2.05, 4.69) is 15.1 Å². The third-order valence-electron chi connectivity index (χ3n) is 1.91. The number of carbonyl (C=O) groups is 1. The Morgan fingerprint density at radius 1 is 1.50 bits per heavy atom. The molecular weight excluding hydrogens is 232 g/mol. The van der Waals surface area contributed by atoms with E-state index in [1.165, 1.54) is 10.9 Å². The van der Waals surface area contributed by atoms with Gasteiger partial charge in [0, 0.05) is 13.2 Å². The van der Waals surface area contributed by atoms with Crippen LogP contribution >= 0.6 is 11.6 Å². The normalized spacial score (nSPS) is 10.4. The molecule has 7 heteroatoms. The summed E-state index contributed by atoms with van der Waals surface area (Å²) in [5.41, 5.74) is 0.520. The van der Waals surface area contributed by atoms with Crippen molar-refractivity contribution in [2.45, 2.75) is 0 Å². The number of pyridine rings is 1. The van der Waals surface area contributed by atoms with Gasteiger partial charge in [0.2, 0.25) is 0 Å². The Bertz CT molecular complexity index is 535. The fourth-order valence-electron chi connectivity index (χ4n) is 1.21. The first-order chi connectivity index (χ1) is 7.58. The van der Waals surface area contributed by atoms with Crippen LogP contribution in [0.25, 0.3) is 11.5 Å². The summed E-state index contributed by atoms with van der Waals surface area (Å²) < 4.78 is 1.36. The zero-order valence-corrected chi connectivity index (χ0v) is 9.01. The smallest absolute Gasteiger partial charge is 0.375 e. The lowest BCUT2D eigenvalue weighted by molar-refractivity contribution is 0.0683. The second-order valence-corrected chi connectivity index (χ2v) is 3.49. The van der Waals surface area contributed by atoms with Crippen LogP contribution in [0.1, 0.15) is 10.6 Å². The van der Waals surface area contributed by atoms with Crippen LogP contribution < -0.4 is 0 Å². The lowest BCUT2D eigenvalue weighted by Crippen LogP contribution is -2.00. The van der Waals surface area contributed by atoms with Crippen molar-refractivity contribution in [3.05, 3.63) is 29.2 Å². The van der Waals surface area contributed by atoms with Gasteiger partial charge in [-0.25, -0.2) is 9.48 Å². The zero-order chi connectivity index (χ0) is 11.7. The molecule has 0 fully saturated rings. The van der Waals surface area contributed by atoms with Crippen LogP contribution in [-0.2, 0) is 7.05 Å². The Balaban J connectivity index is 2.47. The van der Waals surface area contributed by atoms with Crippen molar-refractivity contribution in [1.29, 1.82) is 0 Å². The van der Waals surface area contributed by atoms with Gasteiger partial charge in [0.25, 0.3) is 5.82 Å². The Morgan fingerprint density at radius 3 is 2.75 bits per heavy atom. The molecule has 0 atom stereocenters. The molecule has 0 aromatic carbocycles. The highest BCUT2D eigenvalue weighted by Gasteiger charge is 2.15. The molecule has 2 aromatic rings. The highest BCUT2D eigenvalue weighted by atomic mass is 35.5. The Kier molecular flexibility index (Phi) is 2.57. The molecule has 2 aromatic heterocycles. The van der Waals surface area contributed by atoms with Crippen LogP contribution in [0.5, 0.6) is 0 Å². The van der Waals surface area contributed by atoms with Gasteiger partial charge in [0.05, 0.1) is 5.02 Å². The molecule has 0 saturated heterocycles. The quantitative estimate of drug-likeness (QED) is 0.851. The lowest BCUT2D eigenvalue weighted by atomic mass is 10.3. The largest absolute Gasteiger partial charge is 0.475 e. The number of nitrogens with zero attached hydrogens (tertiary/aromatic N) is 4. The maximum Gasteiger partial charge on any atom is 0.375 e. The van der Waals surface area contributed by atoms with E-state index in [4.69, 9.17) is 16.7 Å². The number of aryl methyl sites for hydroxylation is 1. The van der Waals surface area contributed by atoms with Gasteiger partial charge in [-0.3, -0.25) is 4.98 Å². The summed E-state index contributed by atoms with van der Waals surface area (Å²) in [4.78, 5) is 18.6. The lowest BCUT2D eigenvalue weighted by Gasteiger charge is -1.98. The minimum atomic E-state index is -1.17. The summed E-state index contributed by atoms with van der Waals surface area (Å²) in [5, 5.41) is 13.0. The predicted octanol–water partition coefficient (Wildman–Crippen LogP) is 1.23. The molecule has 0 saturated carbocycles. The molecule has 6 nitrogen and oxygen atoms in total. The second-order valence-electron chi connectivity index (χ2n) is 3.05. The van der Waals surface area contributed by atoms with Crippen LogP contribution in [0.15, 0.2) is 18.3 Å². The first-order valence-electron chi connectivity index (χ1n) is 4.34. The molecule has 16 heavy (non-hydrogen) atoms. The van der Waals surface area contributed by atoms with Gasteiger partial charge in [0.15, 0.2) is 5.82 Å². The van der Waals surface area contributed by atoms with E-state index in [1.54, 1.807) is 19.2 Å². The van der Waals surface area contributed by atoms with Crippen LogP contribution in [-0.4, -0.2) is 30.8 Å². The number of hydrogen-bond donors (Lipinski definition) is 1. The molecule has 2 heterocycles. The van der Waals surface area contributed by atoms with E-state index >= 15 is 0 Å². The van der Waals surface area contributed by atoms with Crippen molar-refractivity contribution in [1.82, 2.24) is 19.7 Å². The third kappa shape index (κ3) is 1.87. The van der Waals surface area contributed by atoms with E-state index < -0.39 is 5.97 Å². The maximum atomic E-state index is 10.7. The molecule has 0 amide bonds. The van der Waals surface area contributed by atoms with E-state index in [0.717, 1.165) is 0 Å². The van der Waals surface area contributed by atoms with Gasteiger partial charge in [-0.2, -0.15) is 4.98 Å². The molecule has 1 N–H and O–H groups in total. The molecular formula is C9H7ClN4O2. The van der Waals surface area contributed by atoms with Crippen molar-refractivity contribution in [2.75, 3.05) is 0 Å². The van der Waals surface area contributed by atoms with E-state index in [9.17, 15) is 4.79 Å². The van der Waals surface area contributed by atoms with Gasteiger partial charge >= 0.3 is 5.97 Å². The summed E-state index contributed by atoms with van der Waals surface area (Å²) in [6.45, 7) is 0. The van der Waals surface area contributed by atoms with Gasteiger partial charge in [0.1, 0.15) is 5.69 Å². The summed E-state index contributed by atoms with van der Waals surface area (Å²) in [6, 6.07) is 3.30. The Labute approximate surface area is 95.5 Å². The standard InChI is InChI=1S/C9H7ClN4O2/c1-14-8(12-7(13-14)9(15)16)6-3-2-5(10)4-11-6/h2-4H,1H3,(H,15,16). The van der Waals surface area contributed by atoms with Crippen LogP contribution in [0.3, 0.4) is 0 Å². The average molecular weight is 239 g/mol. The zero-order valence-electron chi connectivity index (χ0n) is 8.25. The maximum absolute atomic E-state index is 10.7. The second kappa shape index (κ2) is 3.90. The number of rotatable bonds is 2. The van der Waals surface area contributed by atoms with E-state index in [-0.39, 0.29) is 5.82 Å². The number of carboxylic acid groups (broad SMARTS) is 1. The summed E-state index contributed by atoms with van der Waals surface area (Å²) >= 11 is 5.70. The monoisotopic (exact) mass is 238 g/mol. The van der Waals surface area contributed by atoms with Crippen molar-refractivity contribution in [3.63, 3.8) is 0 Å². The van der Waals surface area contributed by atoms with Gasteiger partial charge in [-0.05, 0) is 12.1 Å². The molecule has 0 bridgehead atoms.